The fourth-order valence-electron chi connectivity index (χ4n) is 1.89. The molecule has 0 amide bonds. The minimum Gasteiger partial charge on any atom is -0.444 e. The van der Waals surface area contributed by atoms with E-state index in [4.69, 9.17) is 8.94 Å². The van der Waals surface area contributed by atoms with Crippen LogP contribution in [-0.2, 0) is 18.5 Å². The Kier molecular flexibility index (Phi) is 5.58. The number of aryl methyl sites for hydroxylation is 2. The van der Waals surface area contributed by atoms with E-state index in [1.54, 1.807) is 0 Å². The van der Waals surface area contributed by atoms with E-state index in [-0.39, 0.29) is 5.41 Å². The summed E-state index contributed by atoms with van der Waals surface area (Å²) in [7, 11) is 0. The van der Waals surface area contributed by atoms with E-state index in [1.807, 2.05) is 41.5 Å². The molecule has 0 aliphatic carbocycles. The van der Waals surface area contributed by atoms with Gasteiger partial charge in [0.2, 0.25) is 11.8 Å². The maximum Gasteiger partial charge on any atom is 0.232 e. The van der Waals surface area contributed by atoms with Gasteiger partial charge in [0.05, 0.1) is 12.2 Å². The summed E-state index contributed by atoms with van der Waals surface area (Å²) in [6, 6.07) is 0. The molecule has 8 nitrogen and oxygen atoms in total. The van der Waals surface area contributed by atoms with Gasteiger partial charge in [-0.05, 0) is 20.8 Å². The topological polar surface area (TPSA) is 101 Å². The zero-order valence-electron chi connectivity index (χ0n) is 15.2. The monoisotopic (exact) mass is 334 g/mol. The van der Waals surface area contributed by atoms with Gasteiger partial charge < -0.3 is 19.6 Å². The van der Waals surface area contributed by atoms with E-state index in [1.165, 1.54) is 0 Å². The molecular formula is C16H26N6O2. The molecule has 0 spiro atoms. The van der Waals surface area contributed by atoms with Gasteiger partial charge in [-0.1, -0.05) is 25.9 Å². The van der Waals surface area contributed by atoms with Crippen LogP contribution in [0.3, 0.4) is 0 Å². The van der Waals surface area contributed by atoms with Gasteiger partial charge in [-0.3, -0.25) is 0 Å². The van der Waals surface area contributed by atoms with Crippen molar-refractivity contribution in [2.45, 2.75) is 60.0 Å². The van der Waals surface area contributed by atoms with Gasteiger partial charge in [-0.2, -0.15) is 4.98 Å². The predicted molar refractivity (Wildman–Crippen MR) is 90.6 cm³/mol. The lowest BCUT2D eigenvalue weighted by atomic mass is 9.97. The number of nitrogens with one attached hydrogen (secondary N) is 2. The van der Waals surface area contributed by atoms with Crippen LogP contribution in [0.4, 0.5) is 0 Å². The molecular weight excluding hydrogens is 308 g/mol. The third-order valence-electron chi connectivity index (χ3n) is 3.31. The van der Waals surface area contributed by atoms with Crippen molar-refractivity contribution in [3.05, 3.63) is 29.1 Å². The third kappa shape index (κ3) is 4.81. The van der Waals surface area contributed by atoms with E-state index >= 15 is 0 Å². The Bertz CT molecular complexity index is 676. The van der Waals surface area contributed by atoms with Crippen LogP contribution in [0.25, 0.3) is 0 Å². The SMILES string of the molecule is CCNC(=NCc1noc(C(C)(C)C)n1)NCc1nc(C)c(C)o1. The number of hydrogen-bond acceptors (Lipinski definition) is 6. The number of hydrogen-bond donors (Lipinski definition) is 2. The van der Waals surface area contributed by atoms with Gasteiger partial charge >= 0.3 is 0 Å². The first kappa shape index (κ1) is 18.0. The average Bonchev–Trinajstić information content (AvgIpc) is 3.09. The second-order valence-corrected chi connectivity index (χ2v) is 6.56. The third-order valence-corrected chi connectivity index (χ3v) is 3.31. The number of nitrogens with zero attached hydrogens (tertiary/aromatic N) is 4. The number of oxazole rings is 1. The van der Waals surface area contributed by atoms with Crippen LogP contribution < -0.4 is 10.6 Å². The Hall–Kier alpha value is -2.38. The maximum absolute atomic E-state index is 5.55. The summed E-state index contributed by atoms with van der Waals surface area (Å²) in [5.74, 6) is 3.27. The van der Waals surface area contributed by atoms with Gasteiger partial charge in [-0.25, -0.2) is 9.98 Å². The molecule has 132 valence electrons. The molecule has 0 saturated carbocycles. The number of guanidine groups is 1. The van der Waals surface area contributed by atoms with Crippen LogP contribution in [0, 0.1) is 13.8 Å². The van der Waals surface area contributed by atoms with E-state index in [9.17, 15) is 0 Å². The lowest BCUT2D eigenvalue weighted by Gasteiger charge is -2.10. The first-order valence-electron chi connectivity index (χ1n) is 8.07. The van der Waals surface area contributed by atoms with Crippen molar-refractivity contribution in [3.63, 3.8) is 0 Å². The lowest BCUT2D eigenvalue weighted by molar-refractivity contribution is 0.318. The molecule has 2 heterocycles. The zero-order chi connectivity index (χ0) is 17.7. The molecule has 0 aliphatic rings. The summed E-state index contributed by atoms with van der Waals surface area (Å²) in [6.07, 6.45) is 0. The molecule has 0 aliphatic heterocycles. The molecule has 0 fully saturated rings. The second kappa shape index (κ2) is 7.46. The van der Waals surface area contributed by atoms with Crippen LogP contribution in [-0.4, -0.2) is 27.6 Å². The molecule has 2 aromatic rings. The van der Waals surface area contributed by atoms with Crippen molar-refractivity contribution < 1.29 is 8.94 Å². The normalized spacial score (nSPS) is 12.5. The molecule has 0 radical (unpaired) electrons. The lowest BCUT2D eigenvalue weighted by Crippen LogP contribution is -2.36. The average molecular weight is 334 g/mol. The van der Waals surface area contributed by atoms with Crippen LogP contribution in [0.2, 0.25) is 0 Å². The summed E-state index contributed by atoms with van der Waals surface area (Å²) < 4.78 is 10.8. The molecule has 0 saturated heterocycles. The van der Waals surface area contributed by atoms with Crippen LogP contribution in [0.15, 0.2) is 13.9 Å². The van der Waals surface area contributed by atoms with Crippen molar-refractivity contribution in [1.82, 2.24) is 25.8 Å². The smallest absolute Gasteiger partial charge is 0.232 e. The van der Waals surface area contributed by atoms with Gasteiger partial charge in [0, 0.05) is 12.0 Å². The minimum absolute atomic E-state index is 0.168. The Balaban J connectivity index is 1.98. The summed E-state index contributed by atoms with van der Waals surface area (Å²) in [5, 5.41) is 10.3. The molecule has 2 aromatic heterocycles. The molecule has 0 bridgehead atoms. The summed E-state index contributed by atoms with van der Waals surface area (Å²) in [6.45, 7) is 13.4. The highest BCUT2D eigenvalue weighted by molar-refractivity contribution is 5.79. The van der Waals surface area contributed by atoms with E-state index in [0.717, 1.165) is 18.0 Å². The number of aliphatic imine (C=N–C) groups is 1. The van der Waals surface area contributed by atoms with Crippen LogP contribution in [0.1, 0.15) is 56.8 Å². The standard InChI is InChI=1S/C16H26N6O2/c1-7-17-15(19-9-13-20-10(2)11(3)23-13)18-8-12-21-14(24-22-12)16(4,5)6/h7-9H2,1-6H3,(H2,17,18,19). The zero-order valence-corrected chi connectivity index (χ0v) is 15.2. The quantitative estimate of drug-likeness (QED) is 0.638. The fraction of sp³-hybridized carbons (Fsp3) is 0.625. The summed E-state index contributed by atoms with van der Waals surface area (Å²) >= 11 is 0. The van der Waals surface area contributed by atoms with E-state index in [0.29, 0.717) is 36.7 Å². The van der Waals surface area contributed by atoms with Gasteiger partial charge in [-0.15, -0.1) is 0 Å². The summed E-state index contributed by atoms with van der Waals surface area (Å²) in [5.41, 5.74) is 0.730. The largest absolute Gasteiger partial charge is 0.444 e. The van der Waals surface area contributed by atoms with Gasteiger partial charge in [0.15, 0.2) is 11.8 Å². The predicted octanol–water partition coefficient (Wildman–Crippen LogP) is 2.23. The Morgan fingerprint density at radius 2 is 1.92 bits per heavy atom. The molecule has 2 rings (SSSR count). The van der Waals surface area contributed by atoms with Crippen molar-refractivity contribution in [3.8, 4) is 0 Å². The molecule has 8 heteroatoms. The molecule has 0 unspecified atom stereocenters. The second-order valence-electron chi connectivity index (χ2n) is 6.56. The molecule has 0 atom stereocenters. The maximum atomic E-state index is 5.55. The first-order chi connectivity index (χ1) is 11.3. The van der Waals surface area contributed by atoms with E-state index < -0.39 is 0 Å². The van der Waals surface area contributed by atoms with Gasteiger partial charge in [0.25, 0.3) is 0 Å². The van der Waals surface area contributed by atoms with Crippen molar-refractivity contribution >= 4 is 5.96 Å². The summed E-state index contributed by atoms with van der Waals surface area (Å²) in [4.78, 5) is 13.2. The minimum atomic E-state index is -0.168. The van der Waals surface area contributed by atoms with Gasteiger partial charge in [0.1, 0.15) is 12.3 Å². The number of rotatable bonds is 5. The highest BCUT2D eigenvalue weighted by Gasteiger charge is 2.21. The highest BCUT2D eigenvalue weighted by atomic mass is 16.5. The van der Waals surface area contributed by atoms with Crippen molar-refractivity contribution in [1.29, 1.82) is 0 Å². The van der Waals surface area contributed by atoms with Crippen molar-refractivity contribution in [2.75, 3.05) is 6.54 Å². The van der Waals surface area contributed by atoms with Crippen LogP contribution >= 0.6 is 0 Å². The molecule has 2 N–H and O–H groups in total. The Labute approximate surface area is 142 Å². The Morgan fingerprint density at radius 1 is 1.17 bits per heavy atom. The fourth-order valence-corrected chi connectivity index (χ4v) is 1.89. The number of aromatic nitrogens is 3. The van der Waals surface area contributed by atoms with Crippen LogP contribution in [0.5, 0.6) is 0 Å². The molecule has 24 heavy (non-hydrogen) atoms. The first-order valence-corrected chi connectivity index (χ1v) is 8.07. The highest BCUT2D eigenvalue weighted by Crippen LogP contribution is 2.19. The van der Waals surface area contributed by atoms with Crippen molar-refractivity contribution in [2.24, 2.45) is 4.99 Å². The van der Waals surface area contributed by atoms with E-state index in [2.05, 4.69) is 30.8 Å². The Morgan fingerprint density at radius 3 is 2.46 bits per heavy atom. The molecule has 0 aromatic carbocycles.